The van der Waals surface area contributed by atoms with Crippen molar-refractivity contribution >= 4 is 5.91 Å². The SMILES string of the molecule is CCOc1cccc(C2c3c(-c4ccccc4O)n[nH]c3C(=O)N2CCO)c1. The van der Waals surface area contributed by atoms with Crippen LogP contribution in [0.15, 0.2) is 48.5 Å². The fraction of sp³-hybridized carbons (Fsp3) is 0.238. The number of aliphatic hydroxyl groups is 1. The van der Waals surface area contributed by atoms with E-state index >= 15 is 0 Å². The van der Waals surface area contributed by atoms with Crippen LogP contribution in [0.25, 0.3) is 11.3 Å². The monoisotopic (exact) mass is 379 g/mol. The van der Waals surface area contributed by atoms with E-state index in [9.17, 15) is 15.0 Å². The summed E-state index contributed by atoms with van der Waals surface area (Å²) < 4.78 is 5.62. The highest BCUT2D eigenvalue weighted by atomic mass is 16.5. The van der Waals surface area contributed by atoms with Crippen LogP contribution in [0.3, 0.4) is 0 Å². The molecule has 1 aliphatic rings. The summed E-state index contributed by atoms with van der Waals surface area (Å²) in [7, 11) is 0. The van der Waals surface area contributed by atoms with Crippen LogP contribution in [-0.2, 0) is 0 Å². The van der Waals surface area contributed by atoms with Gasteiger partial charge in [0.05, 0.1) is 19.3 Å². The number of aliphatic hydroxyl groups excluding tert-OH is 1. The minimum Gasteiger partial charge on any atom is -0.507 e. The van der Waals surface area contributed by atoms with E-state index in [-0.39, 0.29) is 24.8 Å². The number of aromatic hydroxyl groups is 1. The number of amides is 1. The molecule has 2 aromatic carbocycles. The topological polar surface area (TPSA) is 98.7 Å². The highest BCUT2D eigenvalue weighted by Crippen LogP contribution is 2.44. The first-order chi connectivity index (χ1) is 13.7. The maximum atomic E-state index is 13.0. The molecule has 144 valence electrons. The lowest BCUT2D eigenvalue weighted by molar-refractivity contribution is 0.0706. The second-order valence-corrected chi connectivity index (χ2v) is 6.51. The van der Waals surface area contributed by atoms with Gasteiger partial charge in [-0.2, -0.15) is 5.10 Å². The van der Waals surface area contributed by atoms with E-state index in [2.05, 4.69) is 10.2 Å². The van der Waals surface area contributed by atoms with Gasteiger partial charge in [0.25, 0.3) is 5.91 Å². The number of carbonyl (C=O) groups is 1. The molecule has 0 aliphatic carbocycles. The van der Waals surface area contributed by atoms with Crippen molar-refractivity contribution in [3.63, 3.8) is 0 Å². The summed E-state index contributed by atoms with van der Waals surface area (Å²) in [4.78, 5) is 14.6. The van der Waals surface area contributed by atoms with Gasteiger partial charge in [0.1, 0.15) is 22.9 Å². The smallest absolute Gasteiger partial charge is 0.273 e. The molecular formula is C21H21N3O4. The number of phenols is 1. The number of phenolic OH excluding ortho intramolecular Hbond substituents is 1. The molecule has 0 saturated heterocycles. The van der Waals surface area contributed by atoms with Gasteiger partial charge in [0.15, 0.2) is 0 Å². The number of aromatic amines is 1. The molecule has 7 nitrogen and oxygen atoms in total. The molecule has 1 aromatic heterocycles. The normalized spacial score (nSPS) is 15.7. The van der Waals surface area contributed by atoms with E-state index < -0.39 is 6.04 Å². The second kappa shape index (κ2) is 7.36. The number of benzene rings is 2. The van der Waals surface area contributed by atoms with Crippen LogP contribution in [0.1, 0.15) is 34.6 Å². The zero-order valence-corrected chi connectivity index (χ0v) is 15.4. The van der Waals surface area contributed by atoms with E-state index in [0.29, 0.717) is 34.9 Å². The number of para-hydroxylation sites is 1. The number of hydrogen-bond acceptors (Lipinski definition) is 5. The molecule has 0 radical (unpaired) electrons. The predicted octanol–water partition coefficient (Wildman–Crippen LogP) is 2.72. The Morgan fingerprint density at radius 1 is 1.21 bits per heavy atom. The van der Waals surface area contributed by atoms with E-state index in [4.69, 9.17) is 4.74 Å². The highest BCUT2D eigenvalue weighted by Gasteiger charge is 2.42. The Morgan fingerprint density at radius 2 is 2.04 bits per heavy atom. The van der Waals surface area contributed by atoms with Gasteiger partial charge in [-0.1, -0.05) is 24.3 Å². The number of fused-ring (bicyclic) bond motifs is 1. The first-order valence-electron chi connectivity index (χ1n) is 9.17. The molecule has 7 heteroatoms. The molecule has 28 heavy (non-hydrogen) atoms. The predicted molar refractivity (Wildman–Crippen MR) is 103 cm³/mol. The number of ether oxygens (including phenoxy) is 1. The third kappa shape index (κ3) is 2.90. The van der Waals surface area contributed by atoms with Crippen molar-refractivity contribution < 1.29 is 19.7 Å². The van der Waals surface area contributed by atoms with E-state index in [1.54, 1.807) is 23.1 Å². The standard InChI is InChI=1S/C21H21N3O4/c1-2-28-14-7-5-6-13(12-14)20-17-18(15-8-3-4-9-16(15)26)22-23-19(17)21(27)24(20)10-11-25/h3-9,12,20,25-26H,2,10-11H2,1H3,(H,22,23). The van der Waals surface area contributed by atoms with E-state index in [0.717, 1.165) is 5.56 Å². The molecule has 1 unspecified atom stereocenters. The summed E-state index contributed by atoms with van der Waals surface area (Å²) >= 11 is 0. The van der Waals surface area contributed by atoms with Gasteiger partial charge in [-0.15, -0.1) is 0 Å². The van der Waals surface area contributed by atoms with E-state index in [1.165, 1.54) is 0 Å². The zero-order chi connectivity index (χ0) is 19.7. The molecule has 0 fully saturated rings. The molecule has 3 aromatic rings. The van der Waals surface area contributed by atoms with Crippen molar-refractivity contribution in [2.24, 2.45) is 0 Å². The second-order valence-electron chi connectivity index (χ2n) is 6.51. The molecule has 0 saturated carbocycles. The summed E-state index contributed by atoms with van der Waals surface area (Å²) in [6, 6.07) is 14.0. The van der Waals surface area contributed by atoms with Crippen LogP contribution in [0.5, 0.6) is 11.5 Å². The molecular weight excluding hydrogens is 358 g/mol. The highest BCUT2D eigenvalue weighted by molar-refractivity contribution is 6.00. The summed E-state index contributed by atoms with van der Waals surface area (Å²) in [6.07, 6.45) is 0. The van der Waals surface area contributed by atoms with Crippen LogP contribution in [0.4, 0.5) is 0 Å². The number of carbonyl (C=O) groups excluding carboxylic acids is 1. The molecule has 1 atom stereocenters. The molecule has 3 N–H and O–H groups in total. The van der Waals surface area contributed by atoms with Gasteiger partial charge >= 0.3 is 0 Å². The van der Waals surface area contributed by atoms with Gasteiger partial charge in [0.2, 0.25) is 0 Å². The Morgan fingerprint density at radius 3 is 2.79 bits per heavy atom. The number of nitrogens with one attached hydrogen (secondary N) is 1. The average molecular weight is 379 g/mol. The number of β-amino-alcohol motifs (C(OH)–C–C–N with tert-alkyl or cyclic N) is 1. The Hall–Kier alpha value is -3.32. The molecule has 1 amide bonds. The van der Waals surface area contributed by atoms with Crippen LogP contribution < -0.4 is 4.74 Å². The van der Waals surface area contributed by atoms with Crippen LogP contribution in [0, 0.1) is 0 Å². The number of hydrogen-bond donors (Lipinski definition) is 3. The molecule has 0 bridgehead atoms. The van der Waals surface area contributed by atoms with Crippen molar-refractivity contribution in [1.82, 2.24) is 15.1 Å². The largest absolute Gasteiger partial charge is 0.507 e. The molecule has 1 aliphatic heterocycles. The van der Waals surface area contributed by atoms with Crippen molar-refractivity contribution in [2.75, 3.05) is 19.8 Å². The minimum absolute atomic E-state index is 0.0895. The van der Waals surface area contributed by atoms with Gasteiger partial charge in [0, 0.05) is 17.7 Å². The van der Waals surface area contributed by atoms with Crippen molar-refractivity contribution in [3.05, 3.63) is 65.4 Å². The number of rotatable bonds is 6. The van der Waals surface area contributed by atoms with Crippen molar-refractivity contribution in [1.29, 1.82) is 0 Å². The van der Waals surface area contributed by atoms with Gasteiger partial charge in [-0.05, 0) is 36.8 Å². The van der Waals surface area contributed by atoms with Crippen molar-refractivity contribution in [3.8, 4) is 22.8 Å². The summed E-state index contributed by atoms with van der Waals surface area (Å²) in [5.41, 5.74) is 2.98. The maximum absolute atomic E-state index is 13.0. The lowest BCUT2D eigenvalue weighted by Gasteiger charge is -2.26. The first kappa shape index (κ1) is 18.1. The van der Waals surface area contributed by atoms with Crippen molar-refractivity contribution in [2.45, 2.75) is 13.0 Å². The number of nitrogens with zero attached hydrogens (tertiary/aromatic N) is 2. The fourth-order valence-electron chi connectivity index (χ4n) is 3.70. The fourth-order valence-corrected chi connectivity index (χ4v) is 3.70. The van der Waals surface area contributed by atoms with Gasteiger partial charge < -0.3 is 19.8 Å². The third-order valence-corrected chi connectivity index (χ3v) is 4.85. The number of H-pyrrole nitrogens is 1. The Labute approximate surface area is 162 Å². The van der Waals surface area contributed by atoms with E-state index in [1.807, 2.05) is 37.3 Å². The summed E-state index contributed by atoms with van der Waals surface area (Å²) in [5, 5.41) is 27.0. The number of aromatic nitrogens is 2. The minimum atomic E-state index is -0.441. The summed E-state index contributed by atoms with van der Waals surface area (Å²) in [5.74, 6) is 0.564. The molecule has 4 rings (SSSR count). The first-order valence-corrected chi connectivity index (χ1v) is 9.17. The van der Waals surface area contributed by atoms with Crippen LogP contribution >= 0.6 is 0 Å². The lowest BCUT2D eigenvalue weighted by atomic mass is 9.95. The maximum Gasteiger partial charge on any atom is 0.273 e. The quantitative estimate of drug-likeness (QED) is 0.612. The third-order valence-electron chi connectivity index (χ3n) is 4.85. The Balaban J connectivity index is 1.89. The van der Waals surface area contributed by atoms with Crippen LogP contribution in [-0.4, -0.2) is 51.0 Å². The Kier molecular flexibility index (Phi) is 4.75. The Bertz CT molecular complexity index is 1010. The van der Waals surface area contributed by atoms with Crippen LogP contribution in [0.2, 0.25) is 0 Å². The van der Waals surface area contributed by atoms with Gasteiger partial charge in [-0.3, -0.25) is 9.89 Å². The average Bonchev–Trinajstić information content (AvgIpc) is 3.23. The molecule has 2 heterocycles. The lowest BCUT2D eigenvalue weighted by Crippen LogP contribution is -2.32. The zero-order valence-electron chi connectivity index (χ0n) is 15.4. The molecule has 0 spiro atoms. The summed E-state index contributed by atoms with van der Waals surface area (Å²) in [6.45, 7) is 2.48. The van der Waals surface area contributed by atoms with Gasteiger partial charge in [-0.25, -0.2) is 0 Å².